The molecule has 23 heavy (non-hydrogen) atoms. The number of amides is 1. The average molecular weight is 335 g/mol. The molecule has 0 radical (unpaired) electrons. The summed E-state index contributed by atoms with van der Waals surface area (Å²) in [5.74, 6) is 0.167. The van der Waals surface area contributed by atoms with Gasteiger partial charge in [0, 0.05) is 0 Å². The summed E-state index contributed by atoms with van der Waals surface area (Å²) in [5, 5.41) is 3.00. The smallest absolute Gasteiger partial charge is 0.315 e. The lowest BCUT2D eigenvalue weighted by atomic mass is 9.89. The highest BCUT2D eigenvalue weighted by Gasteiger charge is 2.14. The van der Waals surface area contributed by atoms with Gasteiger partial charge in [-0.15, -0.1) is 11.8 Å². The molecule has 1 unspecified atom stereocenters. The third-order valence-electron chi connectivity index (χ3n) is 4.01. The van der Waals surface area contributed by atoms with Crippen LogP contribution >= 0.6 is 11.8 Å². The number of hydrogen-bond donors (Lipinski definition) is 1. The molecule has 1 N–H and O–H groups in total. The second kappa shape index (κ2) is 8.96. The number of aryl methyl sites for hydroxylation is 2. The standard InChI is InChI=1S/C18H25NO3S/c1-3-22-18(21)12-23-11-17(20)19-13(2)15-9-8-14-6-4-5-7-16(14)10-15/h8-10,13H,3-7,11-12H2,1-2H3,(H,19,20). The van der Waals surface area contributed by atoms with Crippen molar-refractivity contribution in [3.8, 4) is 0 Å². The van der Waals surface area contributed by atoms with Gasteiger partial charge in [-0.05, 0) is 56.2 Å². The highest BCUT2D eigenvalue weighted by atomic mass is 32.2. The quantitative estimate of drug-likeness (QED) is 0.778. The fourth-order valence-electron chi connectivity index (χ4n) is 2.82. The van der Waals surface area contributed by atoms with Crippen molar-refractivity contribution in [3.63, 3.8) is 0 Å². The molecule has 0 heterocycles. The maximum Gasteiger partial charge on any atom is 0.315 e. The van der Waals surface area contributed by atoms with E-state index in [4.69, 9.17) is 4.74 Å². The molecule has 1 aliphatic carbocycles. The largest absolute Gasteiger partial charge is 0.465 e. The Morgan fingerprint density at radius 3 is 2.70 bits per heavy atom. The number of carbonyl (C=O) groups is 2. The first kappa shape index (κ1) is 17.9. The first-order valence-corrected chi connectivity index (χ1v) is 9.40. The van der Waals surface area contributed by atoms with Crippen LogP contribution < -0.4 is 5.32 Å². The summed E-state index contributed by atoms with van der Waals surface area (Å²) in [5.41, 5.74) is 4.02. The van der Waals surface area contributed by atoms with Crippen LogP contribution in [0.4, 0.5) is 0 Å². The van der Waals surface area contributed by atoms with Crippen LogP contribution in [-0.2, 0) is 27.2 Å². The zero-order valence-electron chi connectivity index (χ0n) is 13.9. The normalized spacial score (nSPS) is 14.7. The number of esters is 1. The maximum atomic E-state index is 12.0. The predicted octanol–water partition coefficient (Wildman–Crippen LogP) is 3.04. The zero-order chi connectivity index (χ0) is 16.7. The van der Waals surface area contributed by atoms with Gasteiger partial charge >= 0.3 is 5.97 Å². The van der Waals surface area contributed by atoms with Gasteiger partial charge in [0.25, 0.3) is 0 Å². The Morgan fingerprint density at radius 1 is 1.22 bits per heavy atom. The summed E-state index contributed by atoms with van der Waals surface area (Å²) < 4.78 is 4.84. The van der Waals surface area contributed by atoms with Gasteiger partial charge in [0.05, 0.1) is 24.2 Å². The number of hydrogen-bond acceptors (Lipinski definition) is 4. The topological polar surface area (TPSA) is 55.4 Å². The van der Waals surface area contributed by atoms with Crippen LogP contribution in [0.5, 0.6) is 0 Å². The number of rotatable bonds is 7. The SMILES string of the molecule is CCOC(=O)CSCC(=O)NC(C)c1ccc2c(c1)CCCC2. The van der Waals surface area contributed by atoms with E-state index in [9.17, 15) is 9.59 Å². The zero-order valence-corrected chi connectivity index (χ0v) is 14.7. The molecule has 0 saturated heterocycles. The van der Waals surface area contributed by atoms with E-state index >= 15 is 0 Å². The van der Waals surface area contributed by atoms with E-state index in [1.54, 1.807) is 6.92 Å². The molecule has 1 aromatic carbocycles. The molecule has 1 aromatic rings. The fourth-order valence-corrected chi connectivity index (χ4v) is 3.44. The van der Waals surface area contributed by atoms with Crippen molar-refractivity contribution in [2.24, 2.45) is 0 Å². The third kappa shape index (κ3) is 5.57. The lowest BCUT2D eigenvalue weighted by molar-refractivity contribution is -0.139. The highest BCUT2D eigenvalue weighted by Crippen LogP contribution is 2.24. The fraction of sp³-hybridized carbons (Fsp3) is 0.556. The van der Waals surface area contributed by atoms with E-state index in [1.807, 2.05) is 6.92 Å². The van der Waals surface area contributed by atoms with Crippen LogP contribution in [0, 0.1) is 0 Å². The molecule has 0 spiro atoms. The molecular weight excluding hydrogens is 310 g/mol. The second-order valence-electron chi connectivity index (χ2n) is 5.82. The van der Waals surface area contributed by atoms with Crippen molar-refractivity contribution < 1.29 is 14.3 Å². The molecule has 1 atom stereocenters. The molecule has 0 bridgehead atoms. The van der Waals surface area contributed by atoms with Crippen molar-refractivity contribution in [1.29, 1.82) is 0 Å². The van der Waals surface area contributed by atoms with Gasteiger partial charge in [-0.1, -0.05) is 18.2 Å². The van der Waals surface area contributed by atoms with Crippen molar-refractivity contribution in [1.82, 2.24) is 5.32 Å². The van der Waals surface area contributed by atoms with Crippen LogP contribution in [0.1, 0.15) is 49.4 Å². The van der Waals surface area contributed by atoms with Crippen molar-refractivity contribution in [2.45, 2.75) is 45.6 Å². The Kier molecular flexibility index (Phi) is 6.96. The van der Waals surface area contributed by atoms with Crippen molar-refractivity contribution in [3.05, 3.63) is 34.9 Å². The van der Waals surface area contributed by atoms with Gasteiger partial charge in [-0.25, -0.2) is 0 Å². The lowest BCUT2D eigenvalue weighted by Crippen LogP contribution is -2.28. The number of thioether (sulfide) groups is 1. The minimum atomic E-state index is -0.270. The number of fused-ring (bicyclic) bond motifs is 1. The Balaban J connectivity index is 1.80. The Morgan fingerprint density at radius 2 is 1.96 bits per heavy atom. The number of nitrogens with one attached hydrogen (secondary N) is 1. The summed E-state index contributed by atoms with van der Waals surface area (Å²) in [6, 6.07) is 6.52. The van der Waals surface area contributed by atoms with Crippen molar-refractivity contribution in [2.75, 3.05) is 18.1 Å². The molecule has 1 amide bonds. The molecule has 0 aromatic heterocycles. The summed E-state index contributed by atoms with van der Waals surface area (Å²) in [4.78, 5) is 23.2. The summed E-state index contributed by atoms with van der Waals surface area (Å²) in [7, 11) is 0. The number of ether oxygens (including phenoxy) is 1. The minimum Gasteiger partial charge on any atom is -0.465 e. The molecule has 1 aliphatic rings. The highest BCUT2D eigenvalue weighted by molar-refractivity contribution is 8.00. The third-order valence-corrected chi connectivity index (χ3v) is 4.91. The van der Waals surface area contributed by atoms with Gasteiger partial charge in [0.1, 0.15) is 0 Å². The van der Waals surface area contributed by atoms with Gasteiger partial charge in [0.15, 0.2) is 0 Å². The molecule has 0 aliphatic heterocycles. The molecule has 5 heteroatoms. The van der Waals surface area contributed by atoms with E-state index in [2.05, 4.69) is 23.5 Å². The molecule has 126 valence electrons. The van der Waals surface area contributed by atoms with E-state index in [0.717, 1.165) is 12.0 Å². The van der Waals surface area contributed by atoms with Gasteiger partial charge in [-0.2, -0.15) is 0 Å². The van der Waals surface area contributed by atoms with Gasteiger partial charge in [-0.3, -0.25) is 9.59 Å². The van der Waals surface area contributed by atoms with Gasteiger partial charge < -0.3 is 10.1 Å². The van der Waals surface area contributed by atoms with Gasteiger partial charge in [0.2, 0.25) is 5.91 Å². The van der Waals surface area contributed by atoms with Crippen LogP contribution in [0.25, 0.3) is 0 Å². The van der Waals surface area contributed by atoms with E-state index in [-0.39, 0.29) is 29.4 Å². The number of carbonyl (C=O) groups excluding carboxylic acids is 2. The Hall–Kier alpha value is -1.49. The van der Waals surface area contributed by atoms with E-state index < -0.39 is 0 Å². The van der Waals surface area contributed by atoms with Crippen LogP contribution in [0.3, 0.4) is 0 Å². The molecule has 0 fully saturated rings. The first-order chi connectivity index (χ1) is 11.1. The van der Waals surface area contributed by atoms with Crippen LogP contribution in [0.2, 0.25) is 0 Å². The predicted molar refractivity (Wildman–Crippen MR) is 93.6 cm³/mol. The van der Waals surface area contributed by atoms with E-state index in [0.29, 0.717) is 6.61 Å². The Bertz CT molecular complexity index is 559. The summed E-state index contributed by atoms with van der Waals surface area (Å²) >= 11 is 1.28. The summed E-state index contributed by atoms with van der Waals surface area (Å²) in [6.07, 6.45) is 4.83. The summed E-state index contributed by atoms with van der Waals surface area (Å²) in [6.45, 7) is 4.15. The maximum absolute atomic E-state index is 12.0. The monoisotopic (exact) mass is 335 g/mol. The first-order valence-electron chi connectivity index (χ1n) is 8.24. The molecular formula is C18H25NO3S. The molecule has 2 rings (SSSR count). The van der Waals surface area contributed by atoms with Crippen LogP contribution in [0.15, 0.2) is 18.2 Å². The van der Waals surface area contributed by atoms with Crippen LogP contribution in [-0.4, -0.2) is 30.0 Å². The van der Waals surface area contributed by atoms with E-state index in [1.165, 1.54) is 42.2 Å². The molecule has 0 saturated carbocycles. The Labute approximate surface area is 142 Å². The minimum absolute atomic E-state index is 0.0158. The lowest BCUT2D eigenvalue weighted by Gasteiger charge is -2.20. The average Bonchev–Trinajstić information content (AvgIpc) is 2.54. The second-order valence-corrected chi connectivity index (χ2v) is 6.81. The van der Waals surface area contributed by atoms with Crippen molar-refractivity contribution >= 4 is 23.6 Å². The molecule has 4 nitrogen and oxygen atoms in total. The number of benzene rings is 1.